The van der Waals surface area contributed by atoms with E-state index in [0.717, 1.165) is 16.8 Å². The molecule has 0 aliphatic carbocycles. The average molecular weight is 345 g/mol. The van der Waals surface area contributed by atoms with Crippen LogP contribution in [0.4, 0.5) is 0 Å². The van der Waals surface area contributed by atoms with Crippen LogP contribution in [0.15, 0.2) is 73.2 Å². The molecule has 0 saturated carbocycles. The van der Waals surface area contributed by atoms with Crippen molar-refractivity contribution in [1.29, 1.82) is 0 Å². The molecule has 0 unspecified atom stereocenters. The Morgan fingerprint density at radius 1 is 0.962 bits per heavy atom. The molecule has 0 saturated heterocycles. The van der Waals surface area contributed by atoms with E-state index in [1.165, 1.54) is 5.56 Å². The number of carbonyl (C=O) groups is 1. The maximum Gasteiger partial charge on any atom is 0.223 e. The van der Waals surface area contributed by atoms with E-state index in [9.17, 15) is 4.79 Å². The lowest BCUT2D eigenvalue weighted by atomic mass is 10.1. The maximum absolute atomic E-state index is 12.9. The summed E-state index contributed by atoms with van der Waals surface area (Å²) in [6.07, 6.45) is 6.48. The number of hydrogen-bond acceptors (Lipinski definition) is 3. The second-order valence-corrected chi connectivity index (χ2v) is 6.42. The van der Waals surface area contributed by atoms with Crippen LogP contribution in [0.25, 0.3) is 0 Å². The van der Waals surface area contributed by atoms with Crippen molar-refractivity contribution in [3.05, 3.63) is 95.6 Å². The number of aryl methyl sites for hydroxylation is 2. The van der Waals surface area contributed by atoms with Crippen LogP contribution in [-0.2, 0) is 24.3 Å². The van der Waals surface area contributed by atoms with Gasteiger partial charge >= 0.3 is 0 Å². The Morgan fingerprint density at radius 2 is 1.85 bits per heavy atom. The number of nitrogens with zero attached hydrogens (tertiary/aromatic N) is 3. The van der Waals surface area contributed by atoms with Crippen LogP contribution in [0.3, 0.4) is 0 Å². The Hall–Kier alpha value is -3.01. The molecule has 0 N–H and O–H groups in total. The zero-order valence-corrected chi connectivity index (χ0v) is 15.0. The molecular weight excluding hydrogens is 322 g/mol. The Labute approximate surface area is 154 Å². The van der Waals surface area contributed by atoms with Crippen molar-refractivity contribution in [2.24, 2.45) is 0 Å². The molecule has 0 aliphatic heterocycles. The lowest BCUT2D eigenvalue weighted by Crippen LogP contribution is -2.30. The monoisotopic (exact) mass is 345 g/mol. The normalized spacial score (nSPS) is 10.5. The van der Waals surface area contributed by atoms with Gasteiger partial charge in [-0.25, -0.2) is 0 Å². The molecular formula is C22H23N3O. The number of amides is 1. The predicted octanol–water partition coefficient (Wildman–Crippen LogP) is 3.95. The molecule has 1 aromatic carbocycles. The van der Waals surface area contributed by atoms with Gasteiger partial charge in [0, 0.05) is 31.6 Å². The molecule has 0 radical (unpaired) electrons. The second-order valence-electron chi connectivity index (χ2n) is 6.42. The van der Waals surface area contributed by atoms with Crippen LogP contribution in [-0.4, -0.2) is 20.8 Å². The highest BCUT2D eigenvalue weighted by Crippen LogP contribution is 2.13. The fourth-order valence-corrected chi connectivity index (χ4v) is 2.91. The third-order valence-electron chi connectivity index (χ3n) is 4.24. The van der Waals surface area contributed by atoms with Crippen molar-refractivity contribution >= 4 is 5.91 Å². The zero-order valence-electron chi connectivity index (χ0n) is 15.0. The first-order chi connectivity index (χ1) is 12.7. The summed E-state index contributed by atoms with van der Waals surface area (Å²) in [5.41, 5.74) is 4.31. The number of benzene rings is 1. The lowest BCUT2D eigenvalue weighted by molar-refractivity contribution is -0.132. The van der Waals surface area contributed by atoms with Crippen LogP contribution in [0.1, 0.15) is 28.8 Å². The first kappa shape index (κ1) is 17.8. The molecule has 4 nitrogen and oxygen atoms in total. The summed E-state index contributed by atoms with van der Waals surface area (Å²) in [6, 6.07) is 18.0. The Bertz CT molecular complexity index is 834. The van der Waals surface area contributed by atoms with E-state index in [1.807, 2.05) is 47.5 Å². The number of rotatable bonds is 7. The molecule has 1 amide bonds. The molecule has 0 aliphatic rings. The predicted molar refractivity (Wildman–Crippen MR) is 102 cm³/mol. The molecule has 0 fully saturated rings. The van der Waals surface area contributed by atoms with Crippen LogP contribution < -0.4 is 0 Å². The Balaban J connectivity index is 1.71. The summed E-state index contributed by atoms with van der Waals surface area (Å²) in [5, 5.41) is 0. The molecule has 0 spiro atoms. The summed E-state index contributed by atoms with van der Waals surface area (Å²) in [6.45, 7) is 3.17. The second kappa shape index (κ2) is 8.90. The zero-order chi connectivity index (χ0) is 18.2. The highest BCUT2D eigenvalue weighted by Gasteiger charge is 2.15. The van der Waals surface area contributed by atoms with Crippen molar-refractivity contribution in [2.75, 3.05) is 0 Å². The molecule has 3 aromatic rings. The summed E-state index contributed by atoms with van der Waals surface area (Å²) in [7, 11) is 0. The van der Waals surface area contributed by atoms with Gasteiger partial charge in [-0.2, -0.15) is 0 Å². The van der Waals surface area contributed by atoms with Gasteiger partial charge in [-0.05, 0) is 42.7 Å². The molecule has 2 heterocycles. The SMILES string of the molecule is Cc1cccc(CN(Cc2ccccn2)C(=O)CCc2cccnc2)c1. The summed E-state index contributed by atoms with van der Waals surface area (Å²) in [5.74, 6) is 0.126. The first-order valence-electron chi connectivity index (χ1n) is 8.83. The van der Waals surface area contributed by atoms with Crippen LogP contribution in [0.5, 0.6) is 0 Å². The van der Waals surface area contributed by atoms with Gasteiger partial charge in [0.25, 0.3) is 0 Å². The molecule has 4 heteroatoms. The lowest BCUT2D eigenvalue weighted by Gasteiger charge is -2.23. The topological polar surface area (TPSA) is 46.1 Å². The van der Waals surface area contributed by atoms with E-state index in [4.69, 9.17) is 0 Å². The highest BCUT2D eigenvalue weighted by molar-refractivity contribution is 5.76. The van der Waals surface area contributed by atoms with Gasteiger partial charge in [-0.3, -0.25) is 14.8 Å². The fraction of sp³-hybridized carbons (Fsp3) is 0.227. The van der Waals surface area contributed by atoms with Crippen LogP contribution >= 0.6 is 0 Å². The molecule has 3 rings (SSSR count). The number of pyridine rings is 2. The van der Waals surface area contributed by atoms with Crippen LogP contribution in [0.2, 0.25) is 0 Å². The van der Waals surface area contributed by atoms with Gasteiger partial charge in [0.15, 0.2) is 0 Å². The maximum atomic E-state index is 12.9. The molecule has 0 atom stereocenters. The van der Waals surface area contributed by atoms with Gasteiger partial charge in [-0.15, -0.1) is 0 Å². The third kappa shape index (κ3) is 5.24. The van der Waals surface area contributed by atoms with E-state index < -0.39 is 0 Å². The van der Waals surface area contributed by atoms with Gasteiger partial charge in [-0.1, -0.05) is 42.0 Å². The van der Waals surface area contributed by atoms with Crippen molar-refractivity contribution in [2.45, 2.75) is 32.9 Å². The summed E-state index contributed by atoms with van der Waals surface area (Å²) in [4.78, 5) is 23.3. The van der Waals surface area contributed by atoms with E-state index in [-0.39, 0.29) is 5.91 Å². The average Bonchev–Trinajstić information content (AvgIpc) is 2.67. The van der Waals surface area contributed by atoms with Crippen molar-refractivity contribution in [3.8, 4) is 0 Å². The van der Waals surface area contributed by atoms with E-state index in [0.29, 0.717) is 25.9 Å². The van der Waals surface area contributed by atoms with E-state index in [2.05, 4.69) is 35.1 Å². The van der Waals surface area contributed by atoms with Crippen molar-refractivity contribution in [1.82, 2.24) is 14.9 Å². The minimum absolute atomic E-state index is 0.126. The third-order valence-corrected chi connectivity index (χ3v) is 4.24. The molecule has 0 bridgehead atoms. The number of carbonyl (C=O) groups excluding carboxylic acids is 1. The minimum atomic E-state index is 0.126. The number of aromatic nitrogens is 2. The van der Waals surface area contributed by atoms with Gasteiger partial charge in [0.1, 0.15) is 0 Å². The van der Waals surface area contributed by atoms with Gasteiger partial charge in [0.05, 0.1) is 12.2 Å². The van der Waals surface area contributed by atoms with Crippen molar-refractivity contribution in [3.63, 3.8) is 0 Å². The highest BCUT2D eigenvalue weighted by atomic mass is 16.2. The summed E-state index contributed by atoms with van der Waals surface area (Å²) < 4.78 is 0. The quantitative estimate of drug-likeness (QED) is 0.651. The Kier molecular flexibility index (Phi) is 6.09. The molecule has 26 heavy (non-hydrogen) atoms. The Morgan fingerprint density at radius 3 is 2.58 bits per heavy atom. The largest absolute Gasteiger partial charge is 0.332 e. The van der Waals surface area contributed by atoms with E-state index in [1.54, 1.807) is 12.4 Å². The van der Waals surface area contributed by atoms with E-state index >= 15 is 0 Å². The fourth-order valence-electron chi connectivity index (χ4n) is 2.91. The number of hydrogen-bond donors (Lipinski definition) is 0. The first-order valence-corrected chi connectivity index (χ1v) is 8.83. The minimum Gasteiger partial charge on any atom is -0.332 e. The van der Waals surface area contributed by atoms with Crippen LogP contribution in [0, 0.1) is 6.92 Å². The van der Waals surface area contributed by atoms with Gasteiger partial charge < -0.3 is 4.90 Å². The van der Waals surface area contributed by atoms with Gasteiger partial charge in [0.2, 0.25) is 5.91 Å². The molecule has 2 aromatic heterocycles. The smallest absolute Gasteiger partial charge is 0.223 e. The standard InChI is InChI=1S/C22H23N3O/c1-18-6-4-7-20(14-18)16-25(17-21-9-2-3-13-24-21)22(26)11-10-19-8-5-12-23-15-19/h2-9,12-15H,10-11,16-17H2,1H3. The van der Waals surface area contributed by atoms with Crippen molar-refractivity contribution < 1.29 is 4.79 Å². The summed E-state index contributed by atoms with van der Waals surface area (Å²) >= 11 is 0. The molecule has 132 valence electrons.